The number of carbonyl (C=O) groups is 1. The topological polar surface area (TPSA) is 70.7 Å². The second kappa shape index (κ2) is 4.72. The second-order valence-electron chi connectivity index (χ2n) is 6.03. The van der Waals surface area contributed by atoms with Crippen molar-refractivity contribution in [1.29, 1.82) is 0 Å². The molecule has 6 nitrogen and oxygen atoms in total. The quantitative estimate of drug-likeness (QED) is 0.913. The summed E-state index contributed by atoms with van der Waals surface area (Å²) < 4.78 is 1.70. The summed E-state index contributed by atoms with van der Waals surface area (Å²) in [6, 6.07) is 3.59. The summed E-state index contributed by atoms with van der Waals surface area (Å²) in [5, 5.41) is 13.7. The monoisotopic (exact) mass is 286 g/mol. The third-order valence-corrected chi connectivity index (χ3v) is 4.88. The number of aromatic nitrogens is 3. The van der Waals surface area contributed by atoms with Crippen LogP contribution < -0.4 is 4.90 Å². The van der Waals surface area contributed by atoms with Crippen LogP contribution in [0, 0.1) is 5.92 Å². The molecule has 0 spiro atoms. The van der Waals surface area contributed by atoms with Gasteiger partial charge in [-0.15, -0.1) is 0 Å². The summed E-state index contributed by atoms with van der Waals surface area (Å²) in [5.74, 6) is 0.521. The Morgan fingerprint density at radius 2 is 2.14 bits per heavy atom. The highest BCUT2D eigenvalue weighted by atomic mass is 16.4. The Balaban J connectivity index is 1.76. The summed E-state index contributed by atoms with van der Waals surface area (Å²) in [6.45, 7) is 0. The van der Waals surface area contributed by atoms with E-state index in [-0.39, 0.29) is 0 Å². The van der Waals surface area contributed by atoms with Crippen LogP contribution >= 0.6 is 0 Å². The molecule has 0 aromatic carbocycles. The van der Waals surface area contributed by atoms with E-state index in [4.69, 9.17) is 0 Å². The standard InChI is InChI=1S/C15H18N4O2/c20-15(21)12-9-10-3-1-2-4-11(10)19(12)14-6-8-18-13(17-14)5-7-16-18/h5-8,10-12H,1-4,9H2,(H,20,21). The van der Waals surface area contributed by atoms with E-state index in [1.54, 1.807) is 10.7 Å². The van der Waals surface area contributed by atoms with E-state index in [1.807, 2.05) is 23.2 Å². The SMILES string of the molecule is O=C(O)C1CC2CCCCC2N1c1ccn2nccc2n1. The van der Waals surface area contributed by atoms with Crippen LogP contribution in [0.5, 0.6) is 0 Å². The Morgan fingerprint density at radius 3 is 3.00 bits per heavy atom. The fourth-order valence-corrected chi connectivity index (χ4v) is 3.96. The maximum atomic E-state index is 11.7. The summed E-state index contributed by atoms with van der Waals surface area (Å²) in [5.41, 5.74) is 0.760. The van der Waals surface area contributed by atoms with Gasteiger partial charge in [-0.05, 0) is 31.2 Å². The number of anilines is 1. The van der Waals surface area contributed by atoms with Crippen molar-refractivity contribution < 1.29 is 9.90 Å². The van der Waals surface area contributed by atoms with Crippen LogP contribution in [0.1, 0.15) is 32.1 Å². The average Bonchev–Trinajstić information content (AvgIpc) is 3.10. The van der Waals surface area contributed by atoms with Gasteiger partial charge in [0, 0.05) is 18.3 Å². The Bertz CT molecular complexity index is 683. The molecule has 3 heterocycles. The lowest BCUT2D eigenvalue weighted by Crippen LogP contribution is -2.43. The molecular weight excluding hydrogens is 268 g/mol. The molecule has 4 rings (SSSR count). The average molecular weight is 286 g/mol. The molecule has 6 heteroatoms. The maximum Gasteiger partial charge on any atom is 0.326 e. The van der Waals surface area contributed by atoms with Crippen molar-refractivity contribution in [3.8, 4) is 0 Å². The number of fused-ring (bicyclic) bond motifs is 2. The second-order valence-corrected chi connectivity index (χ2v) is 6.03. The van der Waals surface area contributed by atoms with Gasteiger partial charge in [-0.1, -0.05) is 12.8 Å². The summed E-state index contributed by atoms with van der Waals surface area (Å²) in [6.07, 6.45) is 8.91. The van der Waals surface area contributed by atoms with Crippen LogP contribution in [0.25, 0.3) is 5.65 Å². The van der Waals surface area contributed by atoms with Gasteiger partial charge in [0.2, 0.25) is 0 Å². The van der Waals surface area contributed by atoms with E-state index in [9.17, 15) is 9.90 Å². The largest absolute Gasteiger partial charge is 0.480 e. The number of carboxylic acid groups (broad SMARTS) is 1. The Labute approximate surface area is 122 Å². The zero-order valence-electron chi connectivity index (χ0n) is 11.7. The van der Waals surface area contributed by atoms with E-state index in [1.165, 1.54) is 12.8 Å². The molecule has 1 aliphatic carbocycles. The number of rotatable bonds is 2. The van der Waals surface area contributed by atoms with Crippen LogP contribution in [0.15, 0.2) is 24.5 Å². The highest BCUT2D eigenvalue weighted by molar-refractivity contribution is 5.79. The van der Waals surface area contributed by atoms with Gasteiger partial charge in [0.1, 0.15) is 11.9 Å². The van der Waals surface area contributed by atoms with Crippen molar-refractivity contribution in [3.63, 3.8) is 0 Å². The molecule has 1 aliphatic heterocycles. The molecule has 2 aromatic heterocycles. The minimum absolute atomic E-state index is 0.317. The molecule has 1 saturated carbocycles. The molecule has 1 N–H and O–H groups in total. The molecule has 110 valence electrons. The number of hydrogen-bond donors (Lipinski definition) is 1. The first-order valence-electron chi connectivity index (χ1n) is 7.55. The van der Waals surface area contributed by atoms with E-state index >= 15 is 0 Å². The van der Waals surface area contributed by atoms with Gasteiger partial charge in [0.15, 0.2) is 5.65 Å². The predicted octanol–water partition coefficient (Wildman–Crippen LogP) is 1.95. The van der Waals surface area contributed by atoms with Gasteiger partial charge in [0.05, 0.1) is 6.20 Å². The minimum Gasteiger partial charge on any atom is -0.480 e. The highest BCUT2D eigenvalue weighted by Gasteiger charge is 2.45. The Morgan fingerprint density at radius 1 is 1.29 bits per heavy atom. The normalized spacial score (nSPS) is 28.8. The van der Waals surface area contributed by atoms with Gasteiger partial charge in [-0.25, -0.2) is 14.3 Å². The van der Waals surface area contributed by atoms with Crippen LogP contribution in [-0.4, -0.2) is 37.8 Å². The molecular formula is C15H18N4O2. The first kappa shape index (κ1) is 12.6. The summed E-state index contributed by atoms with van der Waals surface area (Å²) in [7, 11) is 0. The van der Waals surface area contributed by atoms with Crippen molar-refractivity contribution in [1.82, 2.24) is 14.6 Å². The van der Waals surface area contributed by atoms with Crippen molar-refractivity contribution in [2.24, 2.45) is 5.92 Å². The van der Waals surface area contributed by atoms with Crippen LogP contribution in [0.4, 0.5) is 5.82 Å². The molecule has 2 aliphatic rings. The van der Waals surface area contributed by atoms with Crippen molar-refractivity contribution in [2.75, 3.05) is 4.90 Å². The van der Waals surface area contributed by atoms with Crippen molar-refractivity contribution in [3.05, 3.63) is 24.5 Å². The van der Waals surface area contributed by atoms with E-state index in [2.05, 4.69) is 10.1 Å². The van der Waals surface area contributed by atoms with E-state index in [0.29, 0.717) is 12.0 Å². The molecule has 21 heavy (non-hydrogen) atoms. The third-order valence-electron chi connectivity index (χ3n) is 4.88. The smallest absolute Gasteiger partial charge is 0.326 e. The van der Waals surface area contributed by atoms with E-state index < -0.39 is 12.0 Å². The minimum atomic E-state index is -0.736. The van der Waals surface area contributed by atoms with E-state index in [0.717, 1.165) is 30.7 Å². The van der Waals surface area contributed by atoms with Gasteiger partial charge in [0.25, 0.3) is 0 Å². The summed E-state index contributed by atoms with van der Waals surface area (Å²) in [4.78, 5) is 18.3. The molecule has 0 bridgehead atoms. The molecule has 2 fully saturated rings. The first-order chi connectivity index (χ1) is 10.2. The number of carboxylic acids is 1. The third kappa shape index (κ3) is 1.97. The Kier molecular flexibility index (Phi) is 2.83. The van der Waals surface area contributed by atoms with Crippen LogP contribution in [-0.2, 0) is 4.79 Å². The van der Waals surface area contributed by atoms with Crippen LogP contribution in [0.3, 0.4) is 0 Å². The zero-order valence-corrected chi connectivity index (χ0v) is 11.7. The van der Waals surface area contributed by atoms with Crippen LogP contribution in [0.2, 0.25) is 0 Å². The van der Waals surface area contributed by atoms with Gasteiger partial charge < -0.3 is 10.0 Å². The zero-order chi connectivity index (χ0) is 14.4. The first-order valence-corrected chi connectivity index (χ1v) is 7.55. The number of aliphatic carboxylic acids is 1. The van der Waals surface area contributed by atoms with Gasteiger partial charge >= 0.3 is 5.97 Å². The molecule has 3 atom stereocenters. The number of hydrogen-bond acceptors (Lipinski definition) is 4. The lowest BCUT2D eigenvalue weighted by atomic mass is 9.85. The highest BCUT2D eigenvalue weighted by Crippen LogP contribution is 2.41. The fraction of sp³-hybridized carbons (Fsp3) is 0.533. The molecule has 0 amide bonds. The fourth-order valence-electron chi connectivity index (χ4n) is 3.96. The molecule has 0 radical (unpaired) electrons. The maximum absolute atomic E-state index is 11.7. The lowest BCUT2D eigenvalue weighted by Gasteiger charge is -2.33. The van der Waals surface area contributed by atoms with Crippen molar-refractivity contribution >= 4 is 17.4 Å². The summed E-state index contributed by atoms with van der Waals surface area (Å²) >= 11 is 0. The van der Waals surface area contributed by atoms with Gasteiger partial charge in [-0.3, -0.25) is 0 Å². The van der Waals surface area contributed by atoms with Crippen molar-refractivity contribution in [2.45, 2.75) is 44.2 Å². The Hall–Kier alpha value is -2.11. The molecule has 3 unspecified atom stereocenters. The van der Waals surface area contributed by atoms with Gasteiger partial charge in [-0.2, -0.15) is 5.10 Å². The molecule has 1 saturated heterocycles. The molecule has 2 aromatic rings. The lowest BCUT2D eigenvalue weighted by molar-refractivity contribution is -0.138. The predicted molar refractivity (Wildman–Crippen MR) is 77.3 cm³/mol. The number of nitrogens with zero attached hydrogens (tertiary/aromatic N) is 4.